The molecule has 1 rings (SSSR count). The van der Waals surface area contributed by atoms with Crippen molar-refractivity contribution in [2.24, 2.45) is 5.73 Å². The van der Waals surface area contributed by atoms with Gasteiger partial charge in [0.1, 0.15) is 5.82 Å². The van der Waals surface area contributed by atoms with Gasteiger partial charge in [-0.25, -0.2) is 4.39 Å². The minimum atomic E-state index is -0.639. The van der Waals surface area contributed by atoms with Crippen molar-refractivity contribution in [1.82, 2.24) is 0 Å². The van der Waals surface area contributed by atoms with E-state index in [9.17, 15) is 9.18 Å². The largest absolute Gasteiger partial charge is 0.397 e. The van der Waals surface area contributed by atoms with Crippen LogP contribution in [0, 0.1) is 5.82 Å². The third kappa shape index (κ3) is 17.2. The Morgan fingerprint density at radius 1 is 1.44 bits per heavy atom. The topological polar surface area (TPSA) is 92.4 Å². The summed E-state index contributed by atoms with van der Waals surface area (Å²) >= 11 is 6.58. The first-order chi connectivity index (χ1) is 8.33. The molecular weight excluding hydrogens is 279 g/mol. The van der Waals surface area contributed by atoms with E-state index >= 15 is 0 Å². The summed E-state index contributed by atoms with van der Waals surface area (Å²) in [5.41, 5.74) is 4.74. The van der Waals surface area contributed by atoms with Crippen LogP contribution in [-0.2, 0) is 0 Å². The molecule has 0 aliphatic rings. The van der Waals surface area contributed by atoms with Crippen LogP contribution in [0.4, 0.5) is 19.7 Å². The van der Waals surface area contributed by atoms with Crippen LogP contribution in [0.2, 0.25) is 0 Å². The second-order valence-corrected chi connectivity index (χ2v) is 3.44. The number of aliphatic hydroxyl groups excluding tert-OH is 1. The Hall–Kier alpha value is -1.25. The lowest BCUT2D eigenvalue weighted by molar-refractivity contribution is 0.267. The van der Waals surface area contributed by atoms with Crippen LogP contribution in [0.1, 0.15) is 6.92 Å². The smallest absolute Gasteiger partial charge is 0.280 e. The molecule has 1 aromatic rings. The summed E-state index contributed by atoms with van der Waals surface area (Å²) in [6.45, 7) is 1.93. The standard InChI is InChI=1S/C7H6FNOS.C2H6O.CH3NOS/c8-5-2-1-3-6(4-5)9-7(10)11;1-2-3;2-1(3)4/h1-4H,(H2,9,10,11);3H,2H2,1H3;(H3,2,3,4). The molecule has 5 nitrogen and oxygen atoms in total. The van der Waals surface area contributed by atoms with E-state index in [4.69, 9.17) is 9.90 Å². The number of nitrogens with two attached hydrogens (primary N) is 1. The van der Waals surface area contributed by atoms with Gasteiger partial charge in [0, 0.05) is 12.3 Å². The molecule has 0 fully saturated rings. The molecule has 0 bridgehead atoms. The van der Waals surface area contributed by atoms with Crippen molar-refractivity contribution in [3.8, 4) is 0 Å². The second kappa shape index (κ2) is 12.2. The number of hydrogen-bond acceptors (Lipinski definition) is 3. The Morgan fingerprint density at radius 2 is 1.89 bits per heavy atom. The SMILES string of the molecule is CCO.NC(=O)S.O=C(S)Nc1cccc(F)c1. The quantitative estimate of drug-likeness (QED) is 0.514. The second-order valence-electron chi connectivity index (χ2n) is 2.59. The number of thiol groups is 2. The molecule has 1 aromatic carbocycles. The monoisotopic (exact) mass is 294 g/mol. The number of benzene rings is 1. The maximum Gasteiger partial charge on any atom is 0.280 e. The highest BCUT2D eigenvalue weighted by molar-refractivity contribution is 7.97. The Balaban J connectivity index is 0. The molecule has 0 saturated carbocycles. The normalized spacial score (nSPS) is 8.06. The fourth-order valence-electron chi connectivity index (χ4n) is 0.690. The summed E-state index contributed by atoms with van der Waals surface area (Å²) in [4.78, 5) is 19.4. The molecule has 0 spiro atoms. The number of carbonyl (C=O) groups is 2. The van der Waals surface area contributed by atoms with E-state index in [1.54, 1.807) is 13.0 Å². The fourth-order valence-corrected chi connectivity index (χ4v) is 0.819. The lowest BCUT2D eigenvalue weighted by Crippen LogP contribution is -2.00. The predicted octanol–water partition coefficient (Wildman–Crippen LogP) is 2.28. The number of hydrogen-bond donors (Lipinski definition) is 5. The summed E-state index contributed by atoms with van der Waals surface area (Å²) in [5.74, 6) is -0.385. The van der Waals surface area contributed by atoms with Crippen molar-refractivity contribution in [3.63, 3.8) is 0 Å². The molecule has 8 heteroatoms. The molecule has 0 heterocycles. The van der Waals surface area contributed by atoms with Gasteiger partial charge in [0.2, 0.25) is 0 Å². The maximum absolute atomic E-state index is 12.4. The molecule has 18 heavy (non-hydrogen) atoms. The van der Waals surface area contributed by atoms with E-state index in [1.165, 1.54) is 18.2 Å². The van der Waals surface area contributed by atoms with Gasteiger partial charge in [0.05, 0.1) is 0 Å². The van der Waals surface area contributed by atoms with Gasteiger partial charge in [0.15, 0.2) is 0 Å². The zero-order chi connectivity index (χ0) is 14.6. The molecular formula is C10H15FN2O3S2. The molecule has 0 aliphatic heterocycles. The molecule has 0 saturated heterocycles. The number of aliphatic hydroxyl groups is 1. The van der Waals surface area contributed by atoms with Gasteiger partial charge in [-0.2, -0.15) is 0 Å². The van der Waals surface area contributed by atoms with E-state index in [-0.39, 0.29) is 12.4 Å². The maximum atomic E-state index is 12.4. The zero-order valence-corrected chi connectivity index (χ0v) is 11.4. The fraction of sp³-hybridized carbons (Fsp3) is 0.200. The Kier molecular flexibility index (Phi) is 13.0. The summed E-state index contributed by atoms with van der Waals surface area (Å²) in [6, 6.07) is 5.61. The third-order valence-electron chi connectivity index (χ3n) is 1.08. The highest BCUT2D eigenvalue weighted by atomic mass is 32.1. The molecule has 0 atom stereocenters. The molecule has 0 radical (unpaired) electrons. The summed E-state index contributed by atoms with van der Waals surface area (Å²) in [6.07, 6.45) is 0. The van der Waals surface area contributed by atoms with Crippen molar-refractivity contribution in [2.45, 2.75) is 6.92 Å². The highest BCUT2D eigenvalue weighted by Crippen LogP contribution is 2.09. The van der Waals surface area contributed by atoms with Gasteiger partial charge in [0.25, 0.3) is 10.5 Å². The van der Waals surface area contributed by atoms with Crippen LogP contribution in [0.15, 0.2) is 24.3 Å². The molecule has 0 aliphatic carbocycles. The number of carbonyl (C=O) groups excluding carboxylic acids is 2. The minimum absolute atomic E-state index is 0.250. The predicted molar refractivity (Wildman–Crippen MR) is 75.7 cm³/mol. The molecule has 4 N–H and O–H groups in total. The van der Waals surface area contributed by atoms with Crippen LogP contribution in [0.3, 0.4) is 0 Å². The van der Waals surface area contributed by atoms with Crippen LogP contribution in [0.25, 0.3) is 0 Å². The number of rotatable bonds is 1. The van der Waals surface area contributed by atoms with Gasteiger partial charge in [-0.15, -0.1) is 0 Å². The molecule has 0 aromatic heterocycles. The van der Waals surface area contributed by atoms with Gasteiger partial charge in [-0.1, -0.05) is 31.3 Å². The first-order valence-electron chi connectivity index (χ1n) is 4.68. The first-order valence-corrected chi connectivity index (χ1v) is 5.57. The lowest BCUT2D eigenvalue weighted by Gasteiger charge is -1.98. The molecule has 102 valence electrons. The van der Waals surface area contributed by atoms with E-state index in [1.807, 2.05) is 0 Å². The van der Waals surface area contributed by atoms with Crippen LogP contribution in [0.5, 0.6) is 0 Å². The summed E-state index contributed by atoms with van der Waals surface area (Å²) in [7, 11) is 0. The number of amides is 2. The number of anilines is 1. The molecule has 0 unspecified atom stereocenters. The van der Waals surface area contributed by atoms with Gasteiger partial charge >= 0.3 is 0 Å². The van der Waals surface area contributed by atoms with Crippen LogP contribution < -0.4 is 11.1 Å². The van der Waals surface area contributed by atoms with Crippen molar-refractivity contribution in [2.75, 3.05) is 11.9 Å². The van der Waals surface area contributed by atoms with E-state index in [2.05, 4.69) is 36.3 Å². The Bertz CT molecular complexity index is 374. The summed E-state index contributed by atoms with van der Waals surface area (Å²) < 4.78 is 12.4. The van der Waals surface area contributed by atoms with Crippen molar-refractivity contribution < 1.29 is 19.1 Å². The Labute approximate surface area is 115 Å². The third-order valence-corrected chi connectivity index (χ3v) is 1.19. The molecule has 2 amide bonds. The van der Waals surface area contributed by atoms with Crippen molar-refractivity contribution >= 4 is 41.4 Å². The zero-order valence-electron chi connectivity index (χ0n) is 9.63. The average Bonchev–Trinajstić information content (AvgIpc) is 2.16. The van der Waals surface area contributed by atoms with Crippen LogP contribution >= 0.6 is 25.3 Å². The first kappa shape index (κ1) is 19.1. The average molecular weight is 294 g/mol. The highest BCUT2D eigenvalue weighted by Gasteiger charge is 1.95. The van der Waals surface area contributed by atoms with Crippen molar-refractivity contribution in [3.05, 3.63) is 30.1 Å². The van der Waals surface area contributed by atoms with E-state index in [0.717, 1.165) is 0 Å². The Morgan fingerprint density at radius 3 is 2.22 bits per heavy atom. The van der Waals surface area contributed by atoms with Crippen LogP contribution in [-0.4, -0.2) is 22.2 Å². The van der Waals surface area contributed by atoms with Gasteiger partial charge < -0.3 is 16.2 Å². The minimum Gasteiger partial charge on any atom is -0.397 e. The number of halogens is 1. The number of nitrogens with one attached hydrogen (secondary N) is 1. The van der Waals surface area contributed by atoms with Gasteiger partial charge in [-0.05, 0) is 25.1 Å². The van der Waals surface area contributed by atoms with E-state index in [0.29, 0.717) is 5.69 Å². The van der Waals surface area contributed by atoms with E-state index < -0.39 is 10.5 Å². The van der Waals surface area contributed by atoms with Crippen molar-refractivity contribution in [1.29, 1.82) is 0 Å². The van der Waals surface area contributed by atoms with Gasteiger partial charge in [-0.3, -0.25) is 9.59 Å². The summed E-state index contributed by atoms with van der Waals surface area (Å²) in [5, 5.41) is 8.76. The number of primary amides is 1. The lowest BCUT2D eigenvalue weighted by atomic mass is 10.3.